The maximum atomic E-state index is 4.86. The zero-order valence-corrected chi connectivity index (χ0v) is 9.00. The van der Waals surface area contributed by atoms with Gasteiger partial charge in [-0.25, -0.2) is 4.98 Å². The summed E-state index contributed by atoms with van der Waals surface area (Å²) in [7, 11) is 1.74. The molecule has 0 unspecified atom stereocenters. The summed E-state index contributed by atoms with van der Waals surface area (Å²) >= 11 is 6.40. The van der Waals surface area contributed by atoms with Crippen LogP contribution in [0.2, 0.25) is 0 Å². The van der Waals surface area contributed by atoms with Crippen molar-refractivity contribution in [2.75, 3.05) is 7.05 Å². The van der Waals surface area contributed by atoms with Crippen LogP contribution in [-0.4, -0.2) is 22.9 Å². The van der Waals surface area contributed by atoms with Crippen molar-refractivity contribution >= 4 is 34.4 Å². The van der Waals surface area contributed by atoms with Gasteiger partial charge in [0.15, 0.2) is 5.11 Å². The molecule has 1 rings (SSSR count). The SMILES string of the molecule is CNC(=S)N/N=C(\C)c1cscn1. The van der Waals surface area contributed by atoms with E-state index in [1.54, 1.807) is 12.6 Å². The Hall–Kier alpha value is -1.01. The number of hydrogen-bond donors (Lipinski definition) is 2. The highest BCUT2D eigenvalue weighted by molar-refractivity contribution is 7.80. The zero-order chi connectivity index (χ0) is 9.68. The van der Waals surface area contributed by atoms with Crippen LogP contribution in [0.25, 0.3) is 0 Å². The zero-order valence-electron chi connectivity index (χ0n) is 7.37. The van der Waals surface area contributed by atoms with Crippen molar-refractivity contribution in [2.24, 2.45) is 5.10 Å². The number of nitrogens with zero attached hydrogens (tertiary/aromatic N) is 2. The number of nitrogens with one attached hydrogen (secondary N) is 2. The first-order chi connectivity index (χ1) is 6.24. The molecular formula is C7H10N4S2. The van der Waals surface area contributed by atoms with Crippen LogP contribution in [0.15, 0.2) is 16.0 Å². The highest BCUT2D eigenvalue weighted by atomic mass is 32.1. The lowest BCUT2D eigenvalue weighted by molar-refractivity contribution is 0.972. The molecular weight excluding hydrogens is 204 g/mol. The van der Waals surface area contributed by atoms with Crippen molar-refractivity contribution in [1.29, 1.82) is 0 Å². The normalized spacial score (nSPS) is 11.1. The molecule has 0 aliphatic rings. The lowest BCUT2D eigenvalue weighted by Crippen LogP contribution is -2.29. The number of hydrazone groups is 1. The Balaban J connectivity index is 2.57. The van der Waals surface area contributed by atoms with Crippen LogP contribution in [0.4, 0.5) is 0 Å². The monoisotopic (exact) mass is 214 g/mol. The first-order valence-electron chi connectivity index (χ1n) is 3.64. The van der Waals surface area contributed by atoms with Crippen molar-refractivity contribution < 1.29 is 0 Å². The molecule has 4 nitrogen and oxygen atoms in total. The third-order valence-electron chi connectivity index (χ3n) is 1.36. The molecule has 0 spiro atoms. The molecule has 0 aliphatic heterocycles. The minimum absolute atomic E-state index is 0.495. The lowest BCUT2D eigenvalue weighted by Gasteiger charge is -2.01. The van der Waals surface area contributed by atoms with E-state index in [0.717, 1.165) is 11.4 Å². The Morgan fingerprint density at radius 3 is 3.00 bits per heavy atom. The fourth-order valence-corrected chi connectivity index (χ4v) is 1.28. The third kappa shape index (κ3) is 3.08. The fraction of sp³-hybridized carbons (Fsp3) is 0.286. The summed E-state index contributed by atoms with van der Waals surface area (Å²) in [6.45, 7) is 1.88. The molecule has 0 atom stereocenters. The van der Waals surface area contributed by atoms with Crippen molar-refractivity contribution in [2.45, 2.75) is 6.92 Å². The number of thiocarbonyl (C=S) groups is 1. The molecule has 1 aromatic heterocycles. The van der Waals surface area contributed by atoms with E-state index in [2.05, 4.69) is 20.8 Å². The maximum absolute atomic E-state index is 4.86. The van der Waals surface area contributed by atoms with E-state index in [0.29, 0.717) is 5.11 Å². The largest absolute Gasteiger partial charge is 0.364 e. The molecule has 1 aromatic rings. The highest BCUT2D eigenvalue weighted by Gasteiger charge is 1.98. The highest BCUT2D eigenvalue weighted by Crippen LogP contribution is 2.01. The van der Waals surface area contributed by atoms with E-state index < -0.39 is 0 Å². The van der Waals surface area contributed by atoms with Gasteiger partial charge >= 0.3 is 0 Å². The van der Waals surface area contributed by atoms with Gasteiger partial charge in [-0.1, -0.05) is 0 Å². The van der Waals surface area contributed by atoms with Gasteiger partial charge in [0.25, 0.3) is 0 Å². The van der Waals surface area contributed by atoms with Crippen LogP contribution in [0, 0.1) is 0 Å². The summed E-state index contributed by atoms with van der Waals surface area (Å²) in [5.74, 6) is 0. The molecule has 6 heteroatoms. The average Bonchev–Trinajstić information content (AvgIpc) is 2.66. The van der Waals surface area contributed by atoms with Gasteiger partial charge in [0, 0.05) is 12.4 Å². The third-order valence-corrected chi connectivity index (χ3v) is 2.24. The topological polar surface area (TPSA) is 49.3 Å². The number of hydrogen-bond acceptors (Lipinski definition) is 4. The Morgan fingerprint density at radius 1 is 1.69 bits per heavy atom. The summed E-state index contributed by atoms with van der Waals surface area (Å²) in [6.07, 6.45) is 0. The van der Waals surface area contributed by atoms with Crippen molar-refractivity contribution in [3.63, 3.8) is 0 Å². The lowest BCUT2D eigenvalue weighted by atomic mass is 10.3. The van der Waals surface area contributed by atoms with Crippen LogP contribution < -0.4 is 10.7 Å². The van der Waals surface area contributed by atoms with E-state index in [9.17, 15) is 0 Å². The summed E-state index contributed by atoms with van der Waals surface area (Å²) in [6, 6.07) is 0. The molecule has 0 saturated carbocycles. The van der Waals surface area contributed by atoms with Crippen LogP contribution >= 0.6 is 23.6 Å². The molecule has 0 bridgehead atoms. The summed E-state index contributed by atoms with van der Waals surface area (Å²) in [5.41, 5.74) is 6.15. The van der Waals surface area contributed by atoms with Gasteiger partial charge < -0.3 is 5.32 Å². The van der Waals surface area contributed by atoms with E-state index >= 15 is 0 Å². The second kappa shape index (κ2) is 4.88. The van der Waals surface area contributed by atoms with E-state index in [-0.39, 0.29) is 0 Å². The average molecular weight is 214 g/mol. The molecule has 0 radical (unpaired) electrons. The van der Waals surface area contributed by atoms with Gasteiger partial charge in [-0.3, -0.25) is 5.43 Å². The van der Waals surface area contributed by atoms with Crippen LogP contribution in [-0.2, 0) is 0 Å². The second-order valence-corrected chi connectivity index (χ2v) is 3.39. The molecule has 0 fully saturated rings. The first-order valence-corrected chi connectivity index (χ1v) is 4.99. The van der Waals surface area contributed by atoms with Crippen LogP contribution in [0.5, 0.6) is 0 Å². The Labute approximate surface area is 86.1 Å². The molecule has 2 N–H and O–H groups in total. The molecule has 70 valence electrons. The number of aromatic nitrogens is 1. The van der Waals surface area contributed by atoms with Gasteiger partial charge in [0.2, 0.25) is 0 Å². The molecule has 0 amide bonds. The van der Waals surface area contributed by atoms with Gasteiger partial charge in [-0.15, -0.1) is 11.3 Å². The Kier molecular flexibility index (Phi) is 3.78. The van der Waals surface area contributed by atoms with Gasteiger partial charge in [-0.2, -0.15) is 5.10 Å². The smallest absolute Gasteiger partial charge is 0.186 e. The van der Waals surface area contributed by atoms with E-state index in [1.807, 2.05) is 12.3 Å². The number of thiazole rings is 1. The summed E-state index contributed by atoms with van der Waals surface area (Å²) in [5, 5.41) is 9.23. The standard InChI is InChI=1S/C7H10N4S2/c1-5(6-3-13-4-9-6)10-11-7(12)8-2/h3-4H,1-2H3,(H2,8,11,12)/b10-5+. The Morgan fingerprint density at radius 2 is 2.46 bits per heavy atom. The summed E-state index contributed by atoms with van der Waals surface area (Å²) < 4.78 is 0. The number of rotatable bonds is 2. The quantitative estimate of drug-likeness (QED) is 0.437. The van der Waals surface area contributed by atoms with Gasteiger partial charge in [0.05, 0.1) is 16.9 Å². The molecule has 0 saturated heterocycles. The summed E-state index contributed by atoms with van der Waals surface area (Å²) in [4.78, 5) is 4.10. The van der Waals surface area contributed by atoms with Crippen LogP contribution in [0.3, 0.4) is 0 Å². The van der Waals surface area contributed by atoms with E-state index in [1.165, 1.54) is 11.3 Å². The first kappa shape index (κ1) is 10.1. The van der Waals surface area contributed by atoms with Gasteiger partial charge in [0.1, 0.15) is 0 Å². The van der Waals surface area contributed by atoms with Crippen molar-refractivity contribution in [1.82, 2.24) is 15.7 Å². The predicted octanol–water partition coefficient (Wildman–Crippen LogP) is 0.961. The second-order valence-electron chi connectivity index (χ2n) is 2.26. The van der Waals surface area contributed by atoms with Crippen molar-refractivity contribution in [3.05, 3.63) is 16.6 Å². The van der Waals surface area contributed by atoms with E-state index in [4.69, 9.17) is 12.2 Å². The molecule has 13 heavy (non-hydrogen) atoms. The fourth-order valence-electron chi connectivity index (χ4n) is 0.639. The van der Waals surface area contributed by atoms with Gasteiger partial charge in [-0.05, 0) is 19.1 Å². The minimum atomic E-state index is 0.495. The van der Waals surface area contributed by atoms with Crippen LogP contribution in [0.1, 0.15) is 12.6 Å². The molecule has 0 aromatic carbocycles. The maximum Gasteiger partial charge on any atom is 0.186 e. The van der Waals surface area contributed by atoms with Crippen molar-refractivity contribution in [3.8, 4) is 0 Å². The Bertz CT molecular complexity index is 304. The minimum Gasteiger partial charge on any atom is -0.364 e. The molecule has 0 aliphatic carbocycles. The molecule has 1 heterocycles. The predicted molar refractivity (Wildman–Crippen MR) is 59.1 cm³/mol.